The van der Waals surface area contributed by atoms with E-state index in [1.54, 1.807) is 56.3 Å². The molecule has 3 N–H and O–H groups in total. The second-order valence-corrected chi connectivity index (χ2v) is 11.8. The summed E-state index contributed by atoms with van der Waals surface area (Å²) in [5.74, 6) is -0.342. The molecule has 0 saturated carbocycles. The molecule has 2 aromatic heterocycles. The second-order valence-electron chi connectivity index (χ2n) is 10.1. The van der Waals surface area contributed by atoms with E-state index in [9.17, 15) is 19.4 Å². The van der Waals surface area contributed by atoms with E-state index in [1.807, 2.05) is 0 Å². The summed E-state index contributed by atoms with van der Waals surface area (Å²) in [6, 6.07) is 12.3. The standard InChI is InChI=1S/C26H29N6O9P/c1-15(2)37-23(33)16(3)31-42(35,41-17-8-6-5-7-9-17)36-12-19-21-25(4,40-24(34)38-21)26(13-27,39-19)20-11-10-18-22(28)29-14-30-32(18)20/h5-11,14-16,19,21H,12H2,1-4H3,(H,31,35)(H2,28,29,30)/t16-,19+,21+,25+,26-,42?/m0/s1. The van der Waals surface area contributed by atoms with Crippen LogP contribution in [0.1, 0.15) is 33.4 Å². The summed E-state index contributed by atoms with van der Waals surface area (Å²) < 4.78 is 49.2. The van der Waals surface area contributed by atoms with E-state index in [4.69, 9.17) is 33.7 Å². The lowest BCUT2D eigenvalue weighted by atomic mass is 9.80. The number of nitriles is 1. The highest BCUT2D eigenvalue weighted by molar-refractivity contribution is 7.52. The summed E-state index contributed by atoms with van der Waals surface area (Å²) in [7, 11) is -4.31. The van der Waals surface area contributed by atoms with Gasteiger partial charge in [-0.1, -0.05) is 18.2 Å². The summed E-state index contributed by atoms with van der Waals surface area (Å²) >= 11 is 0. The zero-order chi connectivity index (χ0) is 30.3. The van der Waals surface area contributed by atoms with Crippen molar-refractivity contribution in [3.8, 4) is 11.8 Å². The molecule has 2 saturated heterocycles. The molecule has 5 rings (SSSR count). The number of fused-ring (bicyclic) bond motifs is 2. The highest BCUT2D eigenvalue weighted by atomic mass is 31.2. The number of nitrogens with zero attached hydrogens (tertiary/aromatic N) is 4. The SMILES string of the molecule is CC(C)OC(=O)[C@H](C)NP(=O)(OC[C@H]1O[C@@](C#N)(c2ccc3c(N)ncnn23)[C@]2(C)OC(=O)O[C@H]12)Oc1ccccc1. The molecule has 2 aliphatic heterocycles. The molecule has 0 bridgehead atoms. The van der Waals surface area contributed by atoms with Gasteiger partial charge in [0.2, 0.25) is 11.2 Å². The van der Waals surface area contributed by atoms with Crippen molar-refractivity contribution in [2.24, 2.45) is 0 Å². The molecule has 2 aliphatic rings. The largest absolute Gasteiger partial charge is 0.509 e. The van der Waals surface area contributed by atoms with Gasteiger partial charge in [-0.3, -0.25) is 9.32 Å². The molecule has 0 spiro atoms. The first-order valence-electron chi connectivity index (χ1n) is 13.0. The third-order valence-electron chi connectivity index (χ3n) is 6.86. The van der Waals surface area contributed by atoms with Crippen LogP contribution in [0.5, 0.6) is 5.75 Å². The summed E-state index contributed by atoms with van der Waals surface area (Å²) in [5.41, 5.74) is 2.91. The minimum atomic E-state index is -4.31. The molecule has 0 radical (unpaired) electrons. The zero-order valence-electron chi connectivity index (χ0n) is 23.1. The normalized spacial score (nSPS) is 27.0. The molecule has 6 atom stereocenters. The molecular weight excluding hydrogens is 571 g/mol. The molecule has 222 valence electrons. The summed E-state index contributed by atoms with van der Waals surface area (Å²) in [6.45, 7) is 5.77. The third-order valence-corrected chi connectivity index (χ3v) is 8.50. The predicted octanol–water partition coefficient (Wildman–Crippen LogP) is 2.86. The van der Waals surface area contributed by atoms with Crippen LogP contribution >= 0.6 is 7.75 Å². The molecule has 15 nitrogen and oxygen atoms in total. The van der Waals surface area contributed by atoms with E-state index >= 15 is 0 Å². The highest BCUT2D eigenvalue weighted by Gasteiger charge is 2.73. The molecule has 3 aromatic rings. The maximum Gasteiger partial charge on any atom is 0.509 e. The number of carbonyl (C=O) groups is 2. The summed E-state index contributed by atoms with van der Waals surface area (Å²) in [5, 5.41) is 17.3. The first kappa shape index (κ1) is 29.3. The Kier molecular flexibility index (Phi) is 7.59. The van der Waals surface area contributed by atoms with Crippen LogP contribution in [-0.4, -0.2) is 63.3 Å². The van der Waals surface area contributed by atoms with E-state index < -0.39 is 62.0 Å². The maximum atomic E-state index is 14.0. The average molecular weight is 601 g/mol. The lowest BCUT2D eigenvalue weighted by Gasteiger charge is -2.32. The fraction of sp³-hybridized carbons (Fsp3) is 0.423. The minimum absolute atomic E-state index is 0.152. The highest BCUT2D eigenvalue weighted by Crippen LogP contribution is 2.54. The van der Waals surface area contributed by atoms with E-state index in [0.717, 1.165) is 0 Å². The number of esters is 1. The lowest BCUT2D eigenvalue weighted by molar-refractivity contribution is -0.149. The van der Waals surface area contributed by atoms with Gasteiger partial charge in [0.1, 0.15) is 35.8 Å². The van der Waals surface area contributed by atoms with Gasteiger partial charge < -0.3 is 29.2 Å². The van der Waals surface area contributed by atoms with Crippen LogP contribution in [0.3, 0.4) is 0 Å². The zero-order valence-corrected chi connectivity index (χ0v) is 24.0. The Morgan fingerprint density at radius 3 is 2.69 bits per heavy atom. The van der Waals surface area contributed by atoms with Crippen molar-refractivity contribution in [1.82, 2.24) is 19.7 Å². The Hall–Kier alpha value is -4.22. The number of carbonyl (C=O) groups excluding carboxylic acids is 2. The molecule has 1 aromatic carbocycles. The maximum absolute atomic E-state index is 14.0. The Morgan fingerprint density at radius 2 is 2.00 bits per heavy atom. The average Bonchev–Trinajstić information content (AvgIpc) is 3.57. The van der Waals surface area contributed by atoms with Gasteiger partial charge in [-0.15, -0.1) is 0 Å². The van der Waals surface area contributed by atoms with Gasteiger partial charge >= 0.3 is 19.9 Å². The van der Waals surface area contributed by atoms with Crippen molar-refractivity contribution in [1.29, 1.82) is 5.26 Å². The van der Waals surface area contributed by atoms with Gasteiger partial charge in [0.25, 0.3) is 0 Å². The van der Waals surface area contributed by atoms with Gasteiger partial charge in [0.05, 0.1) is 18.4 Å². The van der Waals surface area contributed by atoms with Crippen LogP contribution < -0.4 is 15.3 Å². The van der Waals surface area contributed by atoms with Crippen molar-refractivity contribution >= 4 is 31.2 Å². The fourth-order valence-corrected chi connectivity index (χ4v) is 6.44. The van der Waals surface area contributed by atoms with Gasteiger partial charge in [-0.2, -0.15) is 15.4 Å². The van der Waals surface area contributed by atoms with Gasteiger partial charge in [0.15, 0.2) is 11.9 Å². The first-order chi connectivity index (χ1) is 19.9. The molecule has 16 heteroatoms. The van der Waals surface area contributed by atoms with Crippen LogP contribution in [0.4, 0.5) is 10.6 Å². The molecule has 2 fully saturated rings. The van der Waals surface area contributed by atoms with Crippen molar-refractivity contribution in [2.45, 2.75) is 63.3 Å². The fourth-order valence-electron chi connectivity index (χ4n) is 4.94. The number of hydrogen-bond donors (Lipinski definition) is 2. The van der Waals surface area contributed by atoms with Crippen molar-refractivity contribution < 1.29 is 42.1 Å². The number of para-hydroxylation sites is 1. The number of rotatable bonds is 10. The number of nitrogens with two attached hydrogens (primary N) is 1. The van der Waals surface area contributed by atoms with Crippen LogP contribution in [0.15, 0.2) is 48.8 Å². The predicted molar refractivity (Wildman–Crippen MR) is 144 cm³/mol. The van der Waals surface area contributed by atoms with Crippen LogP contribution in [0.25, 0.3) is 5.52 Å². The van der Waals surface area contributed by atoms with Gasteiger partial charge in [0, 0.05) is 0 Å². The second kappa shape index (κ2) is 10.9. The quantitative estimate of drug-likeness (QED) is 0.254. The number of hydrogen-bond acceptors (Lipinski definition) is 13. The minimum Gasteiger partial charge on any atom is -0.462 e. The number of nitrogens with one attached hydrogen (secondary N) is 1. The van der Waals surface area contributed by atoms with Crippen LogP contribution in [0, 0.1) is 11.3 Å². The molecule has 42 heavy (non-hydrogen) atoms. The Labute approximate surface area is 240 Å². The molecule has 0 amide bonds. The number of benzene rings is 1. The number of anilines is 1. The van der Waals surface area contributed by atoms with Gasteiger partial charge in [-0.25, -0.2) is 18.9 Å². The van der Waals surface area contributed by atoms with Crippen molar-refractivity contribution in [3.63, 3.8) is 0 Å². The van der Waals surface area contributed by atoms with Gasteiger partial charge in [-0.05, 0) is 52.0 Å². The smallest absolute Gasteiger partial charge is 0.462 e. The van der Waals surface area contributed by atoms with E-state index in [2.05, 4.69) is 21.2 Å². The van der Waals surface area contributed by atoms with Crippen LogP contribution in [-0.2, 0) is 38.4 Å². The number of aromatic nitrogens is 3. The number of nitrogen functional groups attached to an aromatic ring is 1. The number of ether oxygens (including phenoxy) is 4. The van der Waals surface area contributed by atoms with Crippen LogP contribution in [0.2, 0.25) is 0 Å². The topological polar surface area (TPSA) is 199 Å². The lowest BCUT2D eigenvalue weighted by Crippen LogP contribution is -2.51. The Morgan fingerprint density at radius 1 is 1.26 bits per heavy atom. The Bertz CT molecular complexity index is 1590. The molecule has 4 heterocycles. The van der Waals surface area contributed by atoms with E-state index in [0.29, 0.717) is 5.52 Å². The van der Waals surface area contributed by atoms with Crippen molar-refractivity contribution in [2.75, 3.05) is 12.3 Å². The summed E-state index contributed by atoms with van der Waals surface area (Å²) in [6.07, 6.45) is -2.60. The molecule has 1 unspecified atom stereocenters. The Balaban J connectivity index is 1.46. The third kappa shape index (κ3) is 5.03. The molecular formula is C26H29N6O9P. The van der Waals surface area contributed by atoms with E-state index in [1.165, 1.54) is 24.7 Å². The molecule has 0 aliphatic carbocycles. The van der Waals surface area contributed by atoms with Crippen molar-refractivity contribution in [3.05, 3.63) is 54.5 Å². The van der Waals surface area contributed by atoms with E-state index in [-0.39, 0.29) is 17.3 Å². The summed E-state index contributed by atoms with van der Waals surface area (Å²) in [4.78, 5) is 28.8. The first-order valence-corrected chi connectivity index (χ1v) is 14.5. The monoisotopic (exact) mass is 600 g/mol.